The van der Waals surface area contributed by atoms with Crippen molar-refractivity contribution in [3.63, 3.8) is 0 Å². The summed E-state index contributed by atoms with van der Waals surface area (Å²) in [6.07, 6.45) is 4.01. The maximum atomic E-state index is 6.59. The fourth-order valence-electron chi connectivity index (χ4n) is 6.85. The number of hydrogen-bond donors (Lipinski definition) is 0. The monoisotopic (exact) mass is 632 g/mol. The van der Waals surface area contributed by atoms with Gasteiger partial charge in [-0.1, -0.05) is 77.1 Å². The van der Waals surface area contributed by atoms with Crippen LogP contribution in [0.15, 0.2) is 109 Å². The lowest BCUT2D eigenvalue weighted by atomic mass is 9.82. The van der Waals surface area contributed by atoms with Crippen molar-refractivity contribution in [1.82, 2.24) is 19.3 Å². The standard InChI is InChI=1S/C43H44N4O/c1-8-43(6,7)33-17-20-39-38(25-33)37-19-18-36(27-40(37)46(39)41-24-31(21-22-44-41)23-28(2)3)48-35-16-12-15-34(26-35)47-30(5)42(29(4)45-47)32-13-10-9-11-14-32/h9-22,24-28H,8,23H2,1-7H3. The van der Waals surface area contributed by atoms with Gasteiger partial charge in [-0.05, 0) is 103 Å². The van der Waals surface area contributed by atoms with Gasteiger partial charge in [0.2, 0.25) is 0 Å². The average Bonchev–Trinajstić information content (AvgIpc) is 3.57. The molecule has 3 aromatic heterocycles. The van der Waals surface area contributed by atoms with Crippen LogP contribution in [0.3, 0.4) is 0 Å². The van der Waals surface area contributed by atoms with Crippen molar-refractivity contribution in [2.75, 3.05) is 0 Å². The number of nitrogens with zero attached hydrogens (tertiary/aromatic N) is 4. The summed E-state index contributed by atoms with van der Waals surface area (Å²) >= 11 is 0. The van der Waals surface area contributed by atoms with Gasteiger partial charge in [-0.2, -0.15) is 5.10 Å². The molecule has 0 amide bonds. The zero-order valence-electron chi connectivity index (χ0n) is 29.1. The lowest BCUT2D eigenvalue weighted by Crippen LogP contribution is -2.15. The van der Waals surface area contributed by atoms with Gasteiger partial charge in [0.1, 0.15) is 17.3 Å². The molecule has 0 unspecified atom stereocenters. The third-order valence-electron chi connectivity index (χ3n) is 9.74. The normalized spacial score (nSPS) is 12.0. The zero-order chi connectivity index (χ0) is 33.6. The highest BCUT2D eigenvalue weighted by atomic mass is 16.5. The maximum Gasteiger partial charge on any atom is 0.137 e. The van der Waals surface area contributed by atoms with Crippen LogP contribution in [0.5, 0.6) is 11.5 Å². The van der Waals surface area contributed by atoms with E-state index in [4.69, 9.17) is 14.8 Å². The minimum absolute atomic E-state index is 0.0828. The molecule has 0 fully saturated rings. The zero-order valence-corrected chi connectivity index (χ0v) is 29.1. The molecule has 5 nitrogen and oxygen atoms in total. The maximum absolute atomic E-state index is 6.59. The van der Waals surface area contributed by atoms with Gasteiger partial charge in [0.15, 0.2) is 0 Å². The van der Waals surface area contributed by atoms with E-state index in [9.17, 15) is 0 Å². The predicted molar refractivity (Wildman–Crippen MR) is 199 cm³/mol. The Bertz CT molecular complexity index is 2250. The topological polar surface area (TPSA) is 44.9 Å². The van der Waals surface area contributed by atoms with Crippen LogP contribution in [-0.4, -0.2) is 19.3 Å². The highest BCUT2D eigenvalue weighted by molar-refractivity contribution is 6.09. The van der Waals surface area contributed by atoms with E-state index in [0.717, 1.165) is 63.8 Å². The first kappa shape index (κ1) is 31.4. The van der Waals surface area contributed by atoms with Crippen LogP contribution in [0.25, 0.3) is 44.4 Å². The highest BCUT2D eigenvalue weighted by Crippen LogP contribution is 2.38. The number of rotatable bonds is 9. The van der Waals surface area contributed by atoms with Crippen molar-refractivity contribution in [2.24, 2.45) is 5.92 Å². The molecular formula is C43H44N4O. The number of pyridine rings is 1. The Kier molecular flexibility index (Phi) is 8.16. The van der Waals surface area contributed by atoms with E-state index in [-0.39, 0.29) is 5.41 Å². The number of ether oxygens (including phenoxy) is 1. The van der Waals surface area contributed by atoms with Crippen LogP contribution in [0.4, 0.5) is 0 Å². The Morgan fingerprint density at radius 2 is 1.56 bits per heavy atom. The van der Waals surface area contributed by atoms with Crippen molar-refractivity contribution in [3.8, 4) is 34.1 Å². The van der Waals surface area contributed by atoms with Gasteiger partial charge < -0.3 is 4.74 Å². The van der Waals surface area contributed by atoms with E-state index in [0.29, 0.717) is 5.92 Å². The fraction of sp³-hybridized carbons (Fsp3) is 0.256. The van der Waals surface area contributed by atoms with E-state index >= 15 is 0 Å². The van der Waals surface area contributed by atoms with E-state index in [2.05, 4.69) is 138 Å². The van der Waals surface area contributed by atoms with E-state index in [1.54, 1.807) is 0 Å². The predicted octanol–water partition coefficient (Wildman–Crippen LogP) is 11.3. The van der Waals surface area contributed by atoms with Crippen molar-refractivity contribution < 1.29 is 4.74 Å². The number of benzene rings is 4. The minimum Gasteiger partial charge on any atom is -0.457 e. The molecule has 0 aliphatic rings. The molecule has 0 bridgehead atoms. The van der Waals surface area contributed by atoms with Gasteiger partial charge in [0.05, 0.1) is 22.4 Å². The molecular weight excluding hydrogens is 589 g/mol. The molecule has 0 N–H and O–H groups in total. The second-order valence-electron chi connectivity index (χ2n) is 14.0. The summed E-state index contributed by atoms with van der Waals surface area (Å²) < 4.78 is 10.9. The van der Waals surface area contributed by atoms with Crippen LogP contribution in [0.1, 0.15) is 63.6 Å². The van der Waals surface area contributed by atoms with Crippen LogP contribution in [-0.2, 0) is 11.8 Å². The number of hydrogen-bond acceptors (Lipinski definition) is 3. The Labute approximate surface area is 283 Å². The number of fused-ring (bicyclic) bond motifs is 3. The molecule has 0 saturated heterocycles. The molecule has 3 heterocycles. The summed E-state index contributed by atoms with van der Waals surface area (Å²) in [7, 11) is 0. The molecule has 48 heavy (non-hydrogen) atoms. The average molecular weight is 633 g/mol. The van der Waals surface area contributed by atoms with Gasteiger partial charge in [0.25, 0.3) is 0 Å². The van der Waals surface area contributed by atoms with Crippen LogP contribution in [0, 0.1) is 19.8 Å². The molecule has 0 radical (unpaired) electrons. The third kappa shape index (κ3) is 5.79. The Balaban J connectivity index is 1.31. The molecule has 0 aliphatic carbocycles. The van der Waals surface area contributed by atoms with Crippen LogP contribution >= 0.6 is 0 Å². The summed E-state index contributed by atoms with van der Waals surface area (Å²) in [6.45, 7) is 15.6. The first-order valence-corrected chi connectivity index (χ1v) is 17.1. The van der Waals surface area contributed by atoms with Crippen molar-refractivity contribution in [3.05, 3.63) is 132 Å². The summed E-state index contributed by atoms with van der Waals surface area (Å²) in [5, 5.41) is 7.34. The summed E-state index contributed by atoms with van der Waals surface area (Å²) in [5.41, 5.74) is 10.3. The molecule has 0 spiro atoms. The van der Waals surface area contributed by atoms with Gasteiger partial charge in [-0.25, -0.2) is 9.67 Å². The summed E-state index contributed by atoms with van der Waals surface area (Å²) in [5.74, 6) is 3.02. The van der Waals surface area contributed by atoms with Crippen LogP contribution in [0.2, 0.25) is 0 Å². The Morgan fingerprint density at radius 3 is 2.33 bits per heavy atom. The molecule has 5 heteroatoms. The van der Waals surface area contributed by atoms with E-state index < -0.39 is 0 Å². The second kappa shape index (κ2) is 12.5. The van der Waals surface area contributed by atoms with Crippen molar-refractivity contribution >= 4 is 21.8 Å². The molecule has 4 aromatic carbocycles. The van der Waals surface area contributed by atoms with E-state index in [1.807, 2.05) is 29.1 Å². The largest absolute Gasteiger partial charge is 0.457 e. The second-order valence-corrected chi connectivity index (χ2v) is 14.0. The quantitative estimate of drug-likeness (QED) is 0.159. The van der Waals surface area contributed by atoms with E-state index in [1.165, 1.54) is 27.5 Å². The molecule has 7 aromatic rings. The third-order valence-corrected chi connectivity index (χ3v) is 9.74. The van der Waals surface area contributed by atoms with Crippen molar-refractivity contribution in [1.29, 1.82) is 0 Å². The number of aryl methyl sites for hydroxylation is 1. The first-order chi connectivity index (χ1) is 23.1. The first-order valence-electron chi connectivity index (χ1n) is 17.1. The van der Waals surface area contributed by atoms with Gasteiger partial charge >= 0.3 is 0 Å². The Morgan fingerprint density at radius 1 is 0.771 bits per heavy atom. The summed E-state index contributed by atoms with van der Waals surface area (Å²) in [4.78, 5) is 4.89. The molecule has 0 saturated carbocycles. The molecule has 0 aliphatic heterocycles. The van der Waals surface area contributed by atoms with Gasteiger partial charge in [0, 0.05) is 40.4 Å². The lowest BCUT2D eigenvalue weighted by molar-refractivity contribution is 0.482. The van der Waals surface area contributed by atoms with Gasteiger partial charge in [-0.3, -0.25) is 4.57 Å². The summed E-state index contributed by atoms with van der Waals surface area (Å²) in [6, 6.07) is 36.3. The highest BCUT2D eigenvalue weighted by Gasteiger charge is 2.22. The molecule has 0 atom stereocenters. The smallest absolute Gasteiger partial charge is 0.137 e. The Hall–Kier alpha value is -5.16. The SMILES string of the molecule is CCC(C)(C)c1ccc2c(c1)c1ccc(Oc3cccc(-n4nc(C)c(-c5ccccc5)c4C)c3)cc1n2-c1cc(CC(C)C)ccn1. The minimum atomic E-state index is 0.0828. The lowest BCUT2D eigenvalue weighted by Gasteiger charge is -2.23. The van der Waals surface area contributed by atoms with Crippen molar-refractivity contribution in [2.45, 2.75) is 66.7 Å². The number of aromatic nitrogens is 4. The molecule has 242 valence electrons. The van der Waals surface area contributed by atoms with Crippen LogP contribution < -0.4 is 4.74 Å². The van der Waals surface area contributed by atoms with Gasteiger partial charge in [-0.15, -0.1) is 0 Å². The molecule has 7 rings (SSSR count). The fourth-order valence-corrected chi connectivity index (χ4v) is 6.85.